The SMILES string of the molecule is COC1(C(N)Cc2c(Cl)c(C)nn2C)CCCC1. The highest BCUT2D eigenvalue weighted by Crippen LogP contribution is 2.36. The minimum atomic E-state index is -0.179. The third-order valence-electron chi connectivity index (χ3n) is 4.21. The third kappa shape index (κ3) is 2.29. The van der Waals surface area contributed by atoms with Crippen LogP contribution in [0.25, 0.3) is 0 Å². The maximum atomic E-state index is 6.38. The van der Waals surface area contributed by atoms with E-state index in [2.05, 4.69) is 5.10 Å². The Kier molecular flexibility index (Phi) is 3.99. The summed E-state index contributed by atoms with van der Waals surface area (Å²) in [5.41, 5.74) is 8.06. The monoisotopic (exact) mass is 271 g/mol. The van der Waals surface area contributed by atoms with E-state index in [1.165, 1.54) is 12.8 Å². The lowest BCUT2D eigenvalue weighted by atomic mass is 9.89. The average Bonchev–Trinajstić information content (AvgIpc) is 2.91. The number of aryl methyl sites for hydroxylation is 2. The van der Waals surface area contributed by atoms with Gasteiger partial charge >= 0.3 is 0 Å². The predicted octanol–water partition coefficient (Wildman–Crippen LogP) is 2.21. The number of aromatic nitrogens is 2. The normalized spacial score (nSPS) is 20.3. The molecule has 18 heavy (non-hydrogen) atoms. The Balaban J connectivity index is 2.18. The second-order valence-electron chi connectivity index (χ2n) is 5.26. The first-order valence-electron chi connectivity index (χ1n) is 6.49. The van der Waals surface area contributed by atoms with Crippen LogP contribution in [0.5, 0.6) is 0 Å². The molecule has 1 heterocycles. The maximum absolute atomic E-state index is 6.38. The van der Waals surface area contributed by atoms with E-state index in [0.29, 0.717) is 6.42 Å². The molecule has 1 atom stereocenters. The van der Waals surface area contributed by atoms with Gasteiger partial charge in [-0.2, -0.15) is 5.10 Å². The molecule has 1 aliphatic carbocycles. The molecular weight excluding hydrogens is 250 g/mol. The first-order valence-corrected chi connectivity index (χ1v) is 6.86. The van der Waals surface area contributed by atoms with Crippen LogP contribution < -0.4 is 5.73 Å². The van der Waals surface area contributed by atoms with Gasteiger partial charge in [0.15, 0.2) is 0 Å². The van der Waals surface area contributed by atoms with Crippen molar-refractivity contribution in [3.05, 3.63) is 16.4 Å². The number of nitrogens with two attached hydrogens (primary N) is 1. The summed E-state index contributed by atoms with van der Waals surface area (Å²) in [6, 6.07) is -0.0303. The molecule has 1 saturated carbocycles. The van der Waals surface area contributed by atoms with Crippen molar-refractivity contribution < 1.29 is 4.74 Å². The average molecular weight is 272 g/mol. The topological polar surface area (TPSA) is 53.1 Å². The van der Waals surface area contributed by atoms with E-state index in [1.807, 2.05) is 18.7 Å². The van der Waals surface area contributed by atoms with Crippen LogP contribution in [0.2, 0.25) is 5.02 Å². The number of nitrogens with zero attached hydrogens (tertiary/aromatic N) is 2. The zero-order valence-electron chi connectivity index (χ0n) is 11.4. The number of methoxy groups -OCH3 is 1. The van der Waals surface area contributed by atoms with Gasteiger partial charge in [0.2, 0.25) is 0 Å². The van der Waals surface area contributed by atoms with Gasteiger partial charge in [0.05, 0.1) is 22.0 Å². The van der Waals surface area contributed by atoms with Gasteiger partial charge in [-0.15, -0.1) is 0 Å². The van der Waals surface area contributed by atoms with E-state index in [0.717, 1.165) is 29.3 Å². The summed E-state index contributed by atoms with van der Waals surface area (Å²) in [4.78, 5) is 0. The van der Waals surface area contributed by atoms with Crippen molar-refractivity contribution in [1.82, 2.24) is 9.78 Å². The molecule has 1 fully saturated rings. The fourth-order valence-electron chi connectivity index (χ4n) is 3.00. The molecule has 102 valence electrons. The van der Waals surface area contributed by atoms with Crippen LogP contribution in [0.1, 0.15) is 37.1 Å². The molecule has 0 radical (unpaired) electrons. The zero-order chi connectivity index (χ0) is 13.3. The lowest BCUT2D eigenvalue weighted by Gasteiger charge is -2.34. The summed E-state index contributed by atoms with van der Waals surface area (Å²) < 4.78 is 7.55. The van der Waals surface area contributed by atoms with Gasteiger partial charge < -0.3 is 10.5 Å². The molecule has 0 saturated heterocycles. The highest BCUT2D eigenvalue weighted by Gasteiger charge is 2.40. The van der Waals surface area contributed by atoms with Crippen LogP contribution in [-0.4, -0.2) is 28.5 Å². The lowest BCUT2D eigenvalue weighted by molar-refractivity contribution is -0.0257. The van der Waals surface area contributed by atoms with Gasteiger partial charge in [-0.3, -0.25) is 4.68 Å². The minimum Gasteiger partial charge on any atom is -0.377 e. The molecule has 0 aromatic carbocycles. The summed E-state index contributed by atoms with van der Waals surface area (Å²) in [6.07, 6.45) is 5.18. The van der Waals surface area contributed by atoms with Gasteiger partial charge in [0.1, 0.15) is 0 Å². The second-order valence-corrected chi connectivity index (χ2v) is 5.63. The summed E-state index contributed by atoms with van der Waals surface area (Å²) >= 11 is 6.27. The van der Waals surface area contributed by atoms with Crippen LogP contribution in [0.4, 0.5) is 0 Å². The Labute approximate surface area is 113 Å². The number of hydrogen-bond donors (Lipinski definition) is 1. The molecule has 0 amide bonds. The van der Waals surface area contributed by atoms with Crippen molar-refractivity contribution in [3.8, 4) is 0 Å². The molecule has 1 unspecified atom stereocenters. The Hall–Kier alpha value is -0.580. The Morgan fingerprint density at radius 3 is 2.56 bits per heavy atom. The van der Waals surface area contributed by atoms with Gasteiger partial charge in [-0.1, -0.05) is 24.4 Å². The number of hydrogen-bond acceptors (Lipinski definition) is 3. The van der Waals surface area contributed by atoms with E-state index in [-0.39, 0.29) is 11.6 Å². The van der Waals surface area contributed by atoms with Crippen molar-refractivity contribution in [3.63, 3.8) is 0 Å². The van der Waals surface area contributed by atoms with Gasteiger partial charge in [-0.05, 0) is 19.8 Å². The third-order valence-corrected chi connectivity index (χ3v) is 4.70. The summed E-state index contributed by atoms with van der Waals surface area (Å²) in [6.45, 7) is 1.92. The maximum Gasteiger partial charge on any atom is 0.0847 e. The standard InChI is InChI=1S/C13H22ClN3O/c1-9-12(14)10(17(2)16-9)8-11(15)13(18-3)6-4-5-7-13/h11H,4-8,15H2,1-3H3. The van der Waals surface area contributed by atoms with Crippen LogP contribution in [0.3, 0.4) is 0 Å². The van der Waals surface area contributed by atoms with Crippen LogP contribution in [-0.2, 0) is 18.2 Å². The van der Waals surface area contributed by atoms with Crippen molar-refractivity contribution >= 4 is 11.6 Å². The molecule has 1 aromatic heterocycles. The Morgan fingerprint density at radius 1 is 1.50 bits per heavy atom. The second kappa shape index (κ2) is 5.19. The smallest absolute Gasteiger partial charge is 0.0847 e. The number of halogens is 1. The van der Waals surface area contributed by atoms with Crippen molar-refractivity contribution in [2.75, 3.05) is 7.11 Å². The van der Waals surface area contributed by atoms with Crippen molar-refractivity contribution in [1.29, 1.82) is 0 Å². The van der Waals surface area contributed by atoms with Crippen molar-refractivity contribution in [2.45, 2.75) is 50.7 Å². The zero-order valence-corrected chi connectivity index (χ0v) is 12.1. The first kappa shape index (κ1) is 13.8. The molecule has 1 aromatic rings. The number of rotatable bonds is 4. The molecule has 0 bridgehead atoms. The van der Waals surface area contributed by atoms with Gasteiger partial charge in [0, 0.05) is 26.6 Å². The lowest BCUT2D eigenvalue weighted by Crippen LogP contribution is -2.49. The largest absolute Gasteiger partial charge is 0.377 e. The molecule has 2 rings (SSSR count). The van der Waals surface area contributed by atoms with Crippen LogP contribution >= 0.6 is 11.6 Å². The summed E-state index contributed by atoms with van der Waals surface area (Å²) in [7, 11) is 3.68. The molecule has 5 heteroatoms. The van der Waals surface area contributed by atoms with Crippen molar-refractivity contribution in [2.24, 2.45) is 12.8 Å². The first-order chi connectivity index (χ1) is 8.50. The fraction of sp³-hybridized carbons (Fsp3) is 0.769. The summed E-state index contributed by atoms with van der Waals surface area (Å²) in [5, 5.41) is 5.06. The molecule has 4 nitrogen and oxygen atoms in total. The van der Waals surface area contributed by atoms with Gasteiger partial charge in [0.25, 0.3) is 0 Å². The molecular formula is C13H22ClN3O. The van der Waals surface area contributed by atoms with E-state index >= 15 is 0 Å². The van der Waals surface area contributed by atoms with E-state index < -0.39 is 0 Å². The molecule has 1 aliphatic rings. The fourth-order valence-corrected chi connectivity index (χ4v) is 3.23. The highest BCUT2D eigenvalue weighted by molar-refractivity contribution is 6.31. The Bertz CT molecular complexity index is 424. The highest BCUT2D eigenvalue weighted by atomic mass is 35.5. The molecule has 2 N–H and O–H groups in total. The van der Waals surface area contributed by atoms with E-state index in [4.69, 9.17) is 22.1 Å². The van der Waals surface area contributed by atoms with Crippen LogP contribution in [0.15, 0.2) is 0 Å². The number of ether oxygens (including phenoxy) is 1. The molecule has 0 spiro atoms. The quantitative estimate of drug-likeness (QED) is 0.914. The van der Waals surface area contributed by atoms with Gasteiger partial charge in [-0.25, -0.2) is 0 Å². The van der Waals surface area contributed by atoms with E-state index in [1.54, 1.807) is 7.11 Å². The predicted molar refractivity (Wildman–Crippen MR) is 72.8 cm³/mol. The molecule has 0 aliphatic heterocycles. The summed E-state index contributed by atoms with van der Waals surface area (Å²) in [5.74, 6) is 0. The minimum absolute atomic E-state index is 0.0303. The van der Waals surface area contributed by atoms with E-state index in [9.17, 15) is 0 Å². The Morgan fingerprint density at radius 2 is 2.11 bits per heavy atom. The van der Waals surface area contributed by atoms with Crippen LogP contribution in [0, 0.1) is 6.92 Å².